The molecule has 0 bridgehead atoms. The van der Waals surface area contributed by atoms with Crippen molar-refractivity contribution in [3.63, 3.8) is 0 Å². The molecule has 0 radical (unpaired) electrons. The number of hydrogen-bond acceptors (Lipinski definition) is 4. The van der Waals surface area contributed by atoms with Crippen molar-refractivity contribution in [1.29, 1.82) is 0 Å². The minimum absolute atomic E-state index is 0.288. The van der Waals surface area contributed by atoms with Gasteiger partial charge < -0.3 is 14.1 Å². The van der Waals surface area contributed by atoms with Crippen LogP contribution in [0.1, 0.15) is 22.3 Å². The molecule has 0 fully saturated rings. The Morgan fingerprint density at radius 1 is 1.08 bits per heavy atom. The van der Waals surface area contributed by atoms with Crippen LogP contribution in [0.2, 0.25) is 5.02 Å². The molecule has 0 spiro atoms. The zero-order valence-corrected chi connectivity index (χ0v) is 15.1. The summed E-state index contributed by atoms with van der Waals surface area (Å²) in [5.74, 6) is 0.803. The molecule has 5 heteroatoms. The van der Waals surface area contributed by atoms with Gasteiger partial charge in [-0.15, -0.1) is 0 Å². The van der Waals surface area contributed by atoms with Gasteiger partial charge in [-0.3, -0.25) is 0 Å². The smallest absolute Gasteiger partial charge is 0.339 e. The predicted octanol–water partition coefficient (Wildman–Crippen LogP) is 4.73. The molecule has 4 rings (SSSR count). The summed E-state index contributed by atoms with van der Waals surface area (Å²) in [4.78, 5) is 14.1. The van der Waals surface area contributed by atoms with Gasteiger partial charge in [-0.2, -0.15) is 0 Å². The van der Waals surface area contributed by atoms with E-state index in [-0.39, 0.29) is 5.63 Å². The lowest BCUT2D eigenvalue weighted by Gasteiger charge is -2.32. The fourth-order valence-electron chi connectivity index (χ4n) is 3.34. The van der Waals surface area contributed by atoms with Crippen LogP contribution in [-0.4, -0.2) is 6.73 Å². The first-order valence-electron chi connectivity index (χ1n) is 8.15. The number of benzene rings is 2. The topological polar surface area (TPSA) is 42.7 Å². The molecule has 4 nitrogen and oxygen atoms in total. The maximum Gasteiger partial charge on any atom is 0.339 e. The SMILES string of the molecule is Cc1c(C)c2cc3c(c(C)c2oc1=O)OCN(c1cccc(Cl)c1)C3. The normalized spacial score (nSPS) is 13.7. The van der Waals surface area contributed by atoms with E-state index in [9.17, 15) is 4.79 Å². The lowest BCUT2D eigenvalue weighted by atomic mass is 9.99. The molecule has 2 heterocycles. The third-order valence-electron chi connectivity index (χ3n) is 4.90. The molecule has 0 amide bonds. The Labute approximate surface area is 150 Å². The Morgan fingerprint density at radius 3 is 2.64 bits per heavy atom. The molecular formula is C20H18ClNO3. The molecule has 1 aliphatic rings. The van der Waals surface area contributed by atoms with Crippen molar-refractivity contribution in [2.45, 2.75) is 27.3 Å². The van der Waals surface area contributed by atoms with Gasteiger partial charge in [0.2, 0.25) is 0 Å². The highest BCUT2D eigenvalue weighted by molar-refractivity contribution is 6.30. The largest absolute Gasteiger partial charge is 0.472 e. The number of hydrogen-bond donors (Lipinski definition) is 0. The summed E-state index contributed by atoms with van der Waals surface area (Å²) in [6.07, 6.45) is 0. The van der Waals surface area contributed by atoms with Gasteiger partial charge in [0.15, 0.2) is 6.73 Å². The number of fused-ring (bicyclic) bond motifs is 2. The van der Waals surface area contributed by atoms with Gasteiger partial charge in [0.05, 0.1) is 0 Å². The summed E-state index contributed by atoms with van der Waals surface area (Å²) >= 11 is 6.11. The van der Waals surface area contributed by atoms with Crippen molar-refractivity contribution in [1.82, 2.24) is 0 Å². The van der Waals surface area contributed by atoms with Crippen LogP contribution in [0.3, 0.4) is 0 Å². The second kappa shape index (κ2) is 5.81. The van der Waals surface area contributed by atoms with E-state index in [1.165, 1.54) is 0 Å². The number of aryl methyl sites for hydroxylation is 2. The Balaban J connectivity index is 1.85. The van der Waals surface area contributed by atoms with Crippen LogP contribution < -0.4 is 15.3 Å². The summed E-state index contributed by atoms with van der Waals surface area (Å²) in [5, 5.41) is 1.66. The Bertz CT molecular complexity index is 1050. The van der Waals surface area contributed by atoms with Gasteiger partial charge in [0.25, 0.3) is 0 Å². The van der Waals surface area contributed by atoms with E-state index in [1.54, 1.807) is 6.92 Å². The van der Waals surface area contributed by atoms with Crippen molar-refractivity contribution in [2.75, 3.05) is 11.6 Å². The third-order valence-corrected chi connectivity index (χ3v) is 5.14. The summed E-state index contributed by atoms with van der Waals surface area (Å²) < 4.78 is 11.5. The third kappa shape index (κ3) is 2.57. The molecule has 0 atom stereocenters. The quantitative estimate of drug-likeness (QED) is 0.592. The number of halogens is 1. The van der Waals surface area contributed by atoms with Crippen molar-refractivity contribution >= 4 is 28.3 Å². The van der Waals surface area contributed by atoms with E-state index in [2.05, 4.69) is 11.0 Å². The van der Waals surface area contributed by atoms with E-state index < -0.39 is 0 Å². The molecule has 0 saturated heterocycles. The van der Waals surface area contributed by atoms with E-state index in [0.717, 1.165) is 33.5 Å². The number of ether oxygens (including phenoxy) is 1. The fraction of sp³-hybridized carbons (Fsp3) is 0.250. The first kappa shape index (κ1) is 16.0. The molecule has 0 aliphatic carbocycles. The molecular weight excluding hydrogens is 338 g/mol. The second-order valence-corrected chi connectivity index (χ2v) is 6.89. The van der Waals surface area contributed by atoms with E-state index >= 15 is 0 Å². The summed E-state index contributed by atoms with van der Waals surface area (Å²) in [5.41, 5.74) is 4.90. The van der Waals surface area contributed by atoms with Crippen molar-refractivity contribution in [2.24, 2.45) is 0 Å². The van der Waals surface area contributed by atoms with Gasteiger partial charge in [-0.1, -0.05) is 17.7 Å². The Hall–Kier alpha value is -2.46. The minimum Gasteiger partial charge on any atom is -0.472 e. The second-order valence-electron chi connectivity index (χ2n) is 6.46. The van der Waals surface area contributed by atoms with Gasteiger partial charge in [0.1, 0.15) is 11.3 Å². The fourth-order valence-corrected chi connectivity index (χ4v) is 3.52. The minimum atomic E-state index is -0.288. The maximum absolute atomic E-state index is 12.0. The highest BCUT2D eigenvalue weighted by Gasteiger charge is 2.23. The van der Waals surface area contributed by atoms with E-state index in [4.69, 9.17) is 20.8 Å². The van der Waals surface area contributed by atoms with Gasteiger partial charge >= 0.3 is 5.63 Å². The highest BCUT2D eigenvalue weighted by Crippen LogP contribution is 2.37. The summed E-state index contributed by atoms with van der Waals surface area (Å²) in [7, 11) is 0. The molecule has 128 valence electrons. The first-order chi connectivity index (χ1) is 12.0. The van der Waals surface area contributed by atoms with Crippen LogP contribution in [0.25, 0.3) is 11.0 Å². The molecule has 0 unspecified atom stereocenters. The summed E-state index contributed by atoms with van der Waals surface area (Å²) in [6.45, 7) is 6.83. The van der Waals surface area contributed by atoms with Crippen LogP contribution in [0.15, 0.2) is 39.5 Å². The average molecular weight is 356 g/mol. The van der Waals surface area contributed by atoms with E-state index in [0.29, 0.717) is 29.4 Å². The van der Waals surface area contributed by atoms with Crippen LogP contribution in [0, 0.1) is 20.8 Å². The van der Waals surface area contributed by atoms with Crippen LogP contribution in [-0.2, 0) is 6.54 Å². The van der Waals surface area contributed by atoms with Crippen molar-refractivity contribution in [3.8, 4) is 5.75 Å². The van der Waals surface area contributed by atoms with Crippen molar-refractivity contribution < 1.29 is 9.15 Å². The highest BCUT2D eigenvalue weighted by atomic mass is 35.5. The van der Waals surface area contributed by atoms with Gasteiger partial charge in [-0.25, -0.2) is 4.79 Å². The molecule has 2 aromatic carbocycles. The number of rotatable bonds is 1. The molecule has 1 aromatic heterocycles. The molecule has 3 aromatic rings. The number of anilines is 1. The van der Waals surface area contributed by atoms with E-state index in [1.807, 2.05) is 38.1 Å². The zero-order chi connectivity index (χ0) is 17.7. The first-order valence-corrected chi connectivity index (χ1v) is 8.53. The summed E-state index contributed by atoms with van der Waals surface area (Å²) in [6, 6.07) is 9.80. The van der Waals surface area contributed by atoms with Gasteiger partial charge in [0, 0.05) is 39.3 Å². The standard InChI is InChI=1S/C20H18ClNO3/c1-11-12(2)20(23)25-19-13(3)18-14(7-17(11)19)9-22(10-24-18)16-6-4-5-15(21)8-16/h4-8H,9-10H2,1-3H3. The van der Waals surface area contributed by atoms with Crippen molar-refractivity contribution in [3.05, 3.63) is 68.0 Å². The molecule has 0 saturated carbocycles. The van der Waals surface area contributed by atoms with Crippen LogP contribution in [0.5, 0.6) is 5.75 Å². The molecule has 25 heavy (non-hydrogen) atoms. The molecule has 0 N–H and O–H groups in total. The average Bonchev–Trinajstić information content (AvgIpc) is 2.61. The number of nitrogens with zero attached hydrogens (tertiary/aromatic N) is 1. The Kier molecular flexibility index (Phi) is 3.73. The lowest BCUT2D eigenvalue weighted by Crippen LogP contribution is -2.32. The Morgan fingerprint density at radius 2 is 1.88 bits per heavy atom. The zero-order valence-electron chi connectivity index (χ0n) is 14.4. The molecule has 1 aliphatic heterocycles. The predicted molar refractivity (Wildman–Crippen MR) is 99.8 cm³/mol. The van der Waals surface area contributed by atoms with Gasteiger partial charge in [-0.05, 0) is 50.6 Å². The maximum atomic E-state index is 12.0. The van der Waals surface area contributed by atoms with Crippen LogP contribution >= 0.6 is 11.6 Å². The van der Waals surface area contributed by atoms with Crippen LogP contribution in [0.4, 0.5) is 5.69 Å². The monoisotopic (exact) mass is 355 g/mol. The lowest BCUT2D eigenvalue weighted by molar-refractivity contribution is 0.287.